The molecular formula is C15H20N2O4. The van der Waals surface area contributed by atoms with Gasteiger partial charge >= 0.3 is 5.97 Å². The molecule has 114 valence electrons. The van der Waals surface area contributed by atoms with Crippen LogP contribution in [0.1, 0.15) is 18.9 Å². The number of carboxylic acid groups (broad SMARTS) is 1. The third-order valence-electron chi connectivity index (χ3n) is 3.90. The maximum absolute atomic E-state index is 12.3. The number of nitrogens with one attached hydrogen (secondary N) is 2. The second kappa shape index (κ2) is 6.13. The van der Waals surface area contributed by atoms with Crippen molar-refractivity contribution in [2.24, 2.45) is 5.41 Å². The van der Waals surface area contributed by atoms with E-state index < -0.39 is 17.4 Å². The van der Waals surface area contributed by atoms with E-state index in [1.54, 1.807) is 12.1 Å². The minimum atomic E-state index is -1.06. The van der Waals surface area contributed by atoms with Gasteiger partial charge in [-0.2, -0.15) is 0 Å². The molecule has 2 rings (SSSR count). The molecular weight excluding hydrogens is 272 g/mol. The van der Waals surface area contributed by atoms with E-state index in [2.05, 4.69) is 10.6 Å². The second-order valence-electron chi connectivity index (χ2n) is 5.72. The fourth-order valence-electron chi connectivity index (χ4n) is 2.41. The van der Waals surface area contributed by atoms with E-state index in [0.717, 1.165) is 12.1 Å². The van der Waals surface area contributed by atoms with Crippen LogP contribution in [-0.4, -0.2) is 41.2 Å². The van der Waals surface area contributed by atoms with E-state index >= 15 is 0 Å². The highest BCUT2D eigenvalue weighted by Gasteiger charge is 2.38. The summed E-state index contributed by atoms with van der Waals surface area (Å²) < 4.78 is 0. The van der Waals surface area contributed by atoms with Gasteiger partial charge in [0.15, 0.2) is 0 Å². The van der Waals surface area contributed by atoms with Crippen molar-refractivity contribution in [2.45, 2.75) is 25.8 Å². The first kappa shape index (κ1) is 15.3. The Balaban J connectivity index is 2.04. The van der Waals surface area contributed by atoms with Gasteiger partial charge in [-0.25, -0.2) is 4.79 Å². The van der Waals surface area contributed by atoms with Crippen LogP contribution in [0, 0.1) is 5.41 Å². The van der Waals surface area contributed by atoms with E-state index in [1.165, 1.54) is 12.1 Å². The molecule has 0 spiro atoms. The standard InChI is InChI=1S/C15H20N2O4/c1-15(6-7-16-9-15)14(21)17-12(13(19)20)8-10-2-4-11(18)5-3-10/h2-5,12,16,18H,6-9H2,1H3,(H,17,21)(H,19,20). The molecule has 1 saturated heterocycles. The van der Waals surface area contributed by atoms with Crippen LogP contribution in [0.3, 0.4) is 0 Å². The summed E-state index contributed by atoms with van der Waals surface area (Å²) in [5, 5.41) is 24.3. The molecule has 0 radical (unpaired) electrons. The maximum atomic E-state index is 12.3. The number of carbonyl (C=O) groups is 2. The van der Waals surface area contributed by atoms with E-state index in [0.29, 0.717) is 13.0 Å². The molecule has 2 unspecified atom stereocenters. The Morgan fingerprint density at radius 2 is 2.05 bits per heavy atom. The molecule has 1 aromatic rings. The molecule has 21 heavy (non-hydrogen) atoms. The maximum Gasteiger partial charge on any atom is 0.326 e. The van der Waals surface area contributed by atoms with Crippen LogP contribution in [0.2, 0.25) is 0 Å². The first-order valence-electron chi connectivity index (χ1n) is 6.93. The molecule has 1 aliphatic rings. The molecule has 1 amide bonds. The van der Waals surface area contributed by atoms with Crippen molar-refractivity contribution in [2.75, 3.05) is 13.1 Å². The van der Waals surface area contributed by atoms with Gasteiger partial charge < -0.3 is 20.8 Å². The fourth-order valence-corrected chi connectivity index (χ4v) is 2.41. The van der Waals surface area contributed by atoms with Crippen LogP contribution in [0.4, 0.5) is 0 Å². The number of hydrogen-bond donors (Lipinski definition) is 4. The normalized spacial score (nSPS) is 22.7. The smallest absolute Gasteiger partial charge is 0.326 e. The van der Waals surface area contributed by atoms with Gasteiger partial charge in [0.25, 0.3) is 0 Å². The molecule has 1 aliphatic heterocycles. The zero-order chi connectivity index (χ0) is 15.5. The van der Waals surface area contributed by atoms with Crippen molar-refractivity contribution < 1.29 is 19.8 Å². The number of carbonyl (C=O) groups excluding carboxylic acids is 1. The number of phenolic OH excluding ortho intramolecular Hbond substituents is 1. The lowest BCUT2D eigenvalue weighted by Crippen LogP contribution is -2.49. The van der Waals surface area contributed by atoms with Gasteiger partial charge in [0.2, 0.25) is 5.91 Å². The van der Waals surface area contributed by atoms with Crippen LogP contribution in [0.5, 0.6) is 5.75 Å². The molecule has 6 heteroatoms. The summed E-state index contributed by atoms with van der Waals surface area (Å²) >= 11 is 0. The number of aromatic hydroxyl groups is 1. The Morgan fingerprint density at radius 1 is 1.38 bits per heavy atom. The highest BCUT2D eigenvalue weighted by molar-refractivity contribution is 5.87. The minimum absolute atomic E-state index is 0.124. The molecule has 0 bridgehead atoms. The van der Waals surface area contributed by atoms with Crippen LogP contribution < -0.4 is 10.6 Å². The number of carboxylic acids is 1. The molecule has 1 fully saturated rings. The van der Waals surface area contributed by atoms with Crippen LogP contribution in [0.15, 0.2) is 24.3 Å². The second-order valence-corrected chi connectivity index (χ2v) is 5.72. The molecule has 0 saturated carbocycles. The average molecular weight is 292 g/mol. The lowest BCUT2D eigenvalue weighted by Gasteiger charge is -2.24. The van der Waals surface area contributed by atoms with Crippen molar-refractivity contribution in [1.82, 2.24) is 10.6 Å². The lowest BCUT2D eigenvalue weighted by molar-refractivity contribution is -0.143. The monoisotopic (exact) mass is 292 g/mol. The fraction of sp³-hybridized carbons (Fsp3) is 0.467. The van der Waals surface area contributed by atoms with Crippen LogP contribution >= 0.6 is 0 Å². The largest absolute Gasteiger partial charge is 0.508 e. The molecule has 1 aromatic carbocycles. The first-order valence-corrected chi connectivity index (χ1v) is 6.93. The van der Waals surface area contributed by atoms with Gasteiger partial charge in [-0.3, -0.25) is 4.79 Å². The zero-order valence-corrected chi connectivity index (χ0v) is 11.9. The van der Waals surface area contributed by atoms with Gasteiger partial charge in [0, 0.05) is 13.0 Å². The van der Waals surface area contributed by atoms with Gasteiger partial charge in [-0.1, -0.05) is 12.1 Å². The van der Waals surface area contributed by atoms with Crippen molar-refractivity contribution in [3.05, 3.63) is 29.8 Å². The Bertz CT molecular complexity index is 521. The number of hydrogen-bond acceptors (Lipinski definition) is 4. The molecule has 1 heterocycles. The lowest BCUT2D eigenvalue weighted by atomic mass is 9.88. The van der Waals surface area contributed by atoms with Crippen molar-refractivity contribution in [1.29, 1.82) is 0 Å². The molecule has 0 aromatic heterocycles. The minimum Gasteiger partial charge on any atom is -0.508 e. The summed E-state index contributed by atoms with van der Waals surface area (Å²) in [7, 11) is 0. The van der Waals surface area contributed by atoms with Gasteiger partial charge in [0.1, 0.15) is 11.8 Å². The Hall–Kier alpha value is -2.08. The van der Waals surface area contributed by atoms with Crippen molar-refractivity contribution in [3.8, 4) is 5.75 Å². The first-order chi connectivity index (χ1) is 9.90. The third kappa shape index (κ3) is 3.72. The SMILES string of the molecule is CC1(C(=O)NC(Cc2ccc(O)cc2)C(=O)O)CCNC1. The summed E-state index contributed by atoms with van der Waals surface area (Å²) in [4.78, 5) is 23.6. The highest BCUT2D eigenvalue weighted by atomic mass is 16.4. The number of phenols is 1. The van der Waals surface area contributed by atoms with Crippen molar-refractivity contribution in [3.63, 3.8) is 0 Å². The summed E-state index contributed by atoms with van der Waals surface area (Å²) in [5.74, 6) is -1.18. The summed E-state index contributed by atoms with van der Waals surface area (Å²) in [5.41, 5.74) is 0.193. The molecule has 2 atom stereocenters. The van der Waals surface area contributed by atoms with E-state index in [1.807, 2.05) is 6.92 Å². The van der Waals surface area contributed by atoms with E-state index in [9.17, 15) is 19.8 Å². The predicted octanol–water partition coefficient (Wildman–Crippen LogP) is 0.504. The predicted molar refractivity (Wildman–Crippen MR) is 77.0 cm³/mol. The van der Waals surface area contributed by atoms with E-state index in [-0.39, 0.29) is 18.1 Å². The van der Waals surface area contributed by atoms with Gasteiger partial charge in [0.05, 0.1) is 5.41 Å². The molecule has 0 aliphatic carbocycles. The van der Waals surface area contributed by atoms with Crippen LogP contribution in [0.25, 0.3) is 0 Å². The number of aliphatic carboxylic acids is 1. The van der Waals surface area contributed by atoms with Crippen LogP contribution in [-0.2, 0) is 16.0 Å². The number of benzene rings is 1. The summed E-state index contributed by atoms with van der Waals surface area (Å²) in [6, 6.07) is 5.32. The Morgan fingerprint density at radius 3 is 2.57 bits per heavy atom. The van der Waals surface area contributed by atoms with E-state index in [4.69, 9.17) is 0 Å². The van der Waals surface area contributed by atoms with Gasteiger partial charge in [-0.15, -0.1) is 0 Å². The summed E-state index contributed by atoms with van der Waals surface area (Å²) in [6.07, 6.45) is 0.884. The van der Waals surface area contributed by atoms with Gasteiger partial charge in [-0.05, 0) is 37.6 Å². The Kier molecular flexibility index (Phi) is 4.47. The average Bonchev–Trinajstić information content (AvgIpc) is 2.88. The number of rotatable bonds is 5. The summed E-state index contributed by atoms with van der Waals surface area (Å²) in [6.45, 7) is 3.16. The third-order valence-corrected chi connectivity index (χ3v) is 3.90. The highest BCUT2D eigenvalue weighted by Crippen LogP contribution is 2.24. The zero-order valence-electron chi connectivity index (χ0n) is 11.9. The molecule has 4 N–H and O–H groups in total. The Labute approximate surface area is 123 Å². The quantitative estimate of drug-likeness (QED) is 0.633. The topological polar surface area (TPSA) is 98.7 Å². The number of amides is 1. The van der Waals surface area contributed by atoms with Crippen molar-refractivity contribution >= 4 is 11.9 Å². The molecule has 6 nitrogen and oxygen atoms in total.